The van der Waals surface area contributed by atoms with E-state index >= 15 is 0 Å². The molecule has 3 heterocycles. The van der Waals surface area contributed by atoms with E-state index in [0.29, 0.717) is 24.1 Å². The van der Waals surface area contributed by atoms with E-state index in [9.17, 15) is 4.79 Å². The van der Waals surface area contributed by atoms with Gasteiger partial charge in [0.15, 0.2) is 5.58 Å². The molecule has 2 aromatic carbocycles. The van der Waals surface area contributed by atoms with Crippen LogP contribution in [-0.2, 0) is 4.79 Å². The number of carbonyl (C=O) groups excluding carboxylic acids is 1. The van der Waals surface area contributed by atoms with Crippen LogP contribution in [0.2, 0.25) is 0 Å². The number of piperazine rings is 1. The Labute approximate surface area is 195 Å². The number of anilines is 1. The SMILES string of the molecule is COc1ccc(-c2cc(N3CCN(C(=O)CSc4nc5ccccc5o4)CC3)ncn2)cc1. The Balaban J connectivity index is 1.17. The highest BCUT2D eigenvalue weighted by molar-refractivity contribution is 7.99. The average molecular weight is 462 g/mol. The molecule has 1 aliphatic rings. The molecule has 1 aliphatic heterocycles. The van der Waals surface area contributed by atoms with E-state index in [1.54, 1.807) is 13.4 Å². The molecule has 5 rings (SSSR count). The second-order valence-electron chi connectivity index (χ2n) is 7.59. The maximum absolute atomic E-state index is 12.7. The van der Waals surface area contributed by atoms with Gasteiger partial charge in [0.05, 0.1) is 18.6 Å². The molecule has 1 saturated heterocycles. The van der Waals surface area contributed by atoms with Gasteiger partial charge in [-0.2, -0.15) is 0 Å². The van der Waals surface area contributed by atoms with E-state index in [1.165, 1.54) is 11.8 Å². The van der Waals surface area contributed by atoms with Crippen molar-refractivity contribution in [2.75, 3.05) is 43.9 Å². The monoisotopic (exact) mass is 461 g/mol. The molecule has 0 N–H and O–H groups in total. The van der Waals surface area contributed by atoms with Crippen LogP contribution in [-0.4, -0.2) is 64.8 Å². The third kappa shape index (κ3) is 4.78. The first-order chi connectivity index (χ1) is 16.2. The minimum atomic E-state index is 0.0866. The van der Waals surface area contributed by atoms with Crippen LogP contribution in [0.5, 0.6) is 5.75 Å². The Morgan fingerprint density at radius 1 is 1.06 bits per heavy atom. The van der Waals surface area contributed by atoms with E-state index in [1.807, 2.05) is 59.5 Å². The average Bonchev–Trinajstić information content (AvgIpc) is 3.31. The number of hydrogen-bond acceptors (Lipinski definition) is 8. The Bertz CT molecular complexity index is 1220. The van der Waals surface area contributed by atoms with Gasteiger partial charge in [-0.15, -0.1) is 0 Å². The van der Waals surface area contributed by atoms with Gasteiger partial charge in [-0.25, -0.2) is 15.0 Å². The number of amides is 1. The number of rotatable bonds is 6. The summed E-state index contributed by atoms with van der Waals surface area (Å²) in [5, 5.41) is 0.523. The van der Waals surface area contributed by atoms with Gasteiger partial charge in [0.25, 0.3) is 5.22 Å². The highest BCUT2D eigenvalue weighted by Crippen LogP contribution is 2.25. The molecule has 9 heteroatoms. The van der Waals surface area contributed by atoms with Gasteiger partial charge in [-0.1, -0.05) is 23.9 Å². The van der Waals surface area contributed by atoms with Crippen LogP contribution in [0.3, 0.4) is 0 Å². The highest BCUT2D eigenvalue weighted by Gasteiger charge is 2.23. The summed E-state index contributed by atoms with van der Waals surface area (Å²) in [6.07, 6.45) is 1.59. The molecule has 168 valence electrons. The fourth-order valence-electron chi connectivity index (χ4n) is 3.75. The summed E-state index contributed by atoms with van der Waals surface area (Å²) in [5.74, 6) is 2.07. The Morgan fingerprint density at radius 2 is 1.85 bits per heavy atom. The summed E-state index contributed by atoms with van der Waals surface area (Å²) in [6, 6.07) is 17.4. The largest absolute Gasteiger partial charge is 0.497 e. The maximum Gasteiger partial charge on any atom is 0.257 e. The number of ether oxygens (including phenoxy) is 1. The summed E-state index contributed by atoms with van der Waals surface area (Å²) in [7, 11) is 1.65. The molecular weight excluding hydrogens is 438 g/mol. The third-order valence-electron chi connectivity index (χ3n) is 5.59. The van der Waals surface area contributed by atoms with Crippen molar-refractivity contribution in [3.8, 4) is 17.0 Å². The van der Waals surface area contributed by atoms with Crippen LogP contribution in [0.4, 0.5) is 5.82 Å². The first-order valence-electron chi connectivity index (χ1n) is 10.7. The lowest BCUT2D eigenvalue weighted by molar-refractivity contribution is -0.128. The van der Waals surface area contributed by atoms with E-state index in [4.69, 9.17) is 9.15 Å². The standard InChI is InChI=1S/C24H23N5O3S/c1-31-18-8-6-17(7-9-18)20-14-22(26-16-25-20)28-10-12-29(13-11-28)23(30)15-33-24-27-19-4-2-3-5-21(19)32-24/h2-9,14,16H,10-13,15H2,1H3. The molecule has 8 nitrogen and oxygen atoms in total. The Hall–Kier alpha value is -3.59. The number of methoxy groups -OCH3 is 1. The summed E-state index contributed by atoms with van der Waals surface area (Å²) >= 11 is 1.34. The first kappa shape index (κ1) is 21.3. The molecule has 1 fully saturated rings. The molecule has 0 saturated carbocycles. The van der Waals surface area contributed by atoms with Gasteiger partial charge in [0.1, 0.15) is 23.4 Å². The predicted molar refractivity (Wildman–Crippen MR) is 128 cm³/mol. The molecular formula is C24H23N5O3S. The molecule has 0 atom stereocenters. The van der Waals surface area contributed by atoms with Crippen molar-refractivity contribution in [1.82, 2.24) is 19.9 Å². The van der Waals surface area contributed by atoms with Gasteiger partial charge in [0, 0.05) is 37.8 Å². The lowest BCUT2D eigenvalue weighted by Gasteiger charge is -2.35. The Morgan fingerprint density at radius 3 is 2.61 bits per heavy atom. The number of aromatic nitrogens is 3. The molecule has 0 spiro atoms. The lowest BCUT2D eigenvalue weighted by Crippen LogP contribution is -2.49. The van der Waals surface area contributed by atoms with Crippen molar-refractivity contribution in [2.45, 2.75) is 5.22 Å². The number of carbonyl (C=O) groups is 1. The number of para-hydroxylation sites is 2. The molecule has 0 radical (unpaired) electrons. The van der Waals surface area contributed by atoms with Crippen molar-refractivity contribution in [1.29, 1.82) is 0 Å². The van der Waals surface area contributed by atoms with Crippen molar-refractivity contribution >= 4 is 34.6 Å². The molecule has 2 aromatic heterocycles. The van der Waals surface area contributed by atoms with E-state index in [2.05, 4.69) is 19.9 Å². The smallest absolute Gasteiger partial charge is 0.257 e. The molecule has 4 aromatic rings. The fourth-order valence-corrected chi connectivity index (χ4v) is 4.49. The zero-order valence-electron chi connectivity index (χ0n) is 18.2. The maximum atomic E-state index is 12.7. The number of thioether (sulfide) groups is 1. The normalized spacial score (nSPS) is 14.0. The van der Waals surface area contributed by atoms with Gasteiger partial charge < -0.3 is 19.0 Å². The van der Waals surface area contributed by atoms with Crippen LogP contribution >= 0.6 is 11.8 Å². The van der Waals surface area contributed by atoms with Gasteiger partial charge >= 0.3 is 0 Å². The molecule has 0 bridgehead atoms. The van der Waals surface area contributed by atoms with E-state index < -0.39 is 0 Å². The second kappa shape index (κ2) is 9.50. The summed E-state index contributed by atoms with van der Waals surface area (Å²) < 4.78 is 10.9. The van der Waals surface area contributed by atoms with Gasteiger partial charge in [-0.05, 0) is 36.4 Å². The Kier molecular flexibility index (Phi) is 6.12. The second-order valence-corrected chi connectivity index (χ2v) is 8.52. The molecule has 0 unspecified atom stereocenters. The van der Waals surface area contributed by atoms with Crippen molar-refractivity contribution in [3.63, 3.8) is 0 Å². The first-order valence-corrected chi connectivity index (χ1v) is 11.7. The number of nitrogens with zero attached hydrogens (tertiary/aromatic N) is 5. The number of fused-ring (bicyclic) bond motifs is 1. The zero-order valence-corrected chi connectivity index (χ0v) is 19.0. The third-order valence-corrected chi connectivity index (χ3v) is 6.40. The van der Waals surface area contributed by atoms with Crippen LogP contribution < -0.4 is 9.64 Å². The van der Waals surface area contributed by atoms with Crippen molar-refractivity contribution in [2.24, 2.45) is 0 Å². The quantitative estimate of drug-likeness (QED) is 0.402. The van der Waals surface area contributed by atoms with Crippen LogP contribution in [0.25, 0.3) is 22.4 Å². The lowest BCUT2D eigenvalue weighted by atomic mass is 10.1. The zero-order chi connectivity index (χ0) is 22.6. The van der Waals surface area contributed by atoms with Gasteiger partial charge in [-0.3, -0.25) is 4.79 Å². The highest BCUT2D eigenvalue weighted by atomic mass is 32.2. The number of hydrogen-bond donors (Lipinski definition) is 0. The molecule has 0 aliphatic carbocycles. The van der Waals surface area contributed by atoms with Crippen LogP contribution in [0.15, 0.2) is 70.6 Å². The summed E-state index contributed by atoms with van der Waals surface area (Å²) in [5.41, 5.74) is 3.40. The minimum absolute atomic E-state index is 0.0866. The van der Waals surface area contributed by atoms with Gasteiger partial charge in [0.2, 0.25) is 5.91 Å². The summed E-state index contributed by atoms with van der Waals surface area (Å²) in [6.45, 7) is 2.74. The predicted octanol–water partition coefficient (Wildman–Crippen LogP) is 3.73. The van der Waals surface area contributed by atoms with Crippen LogP contribution in [0.1, 0.15) is 0 Å². The van der Waals surface area contributed by atoms with E-state index in [-0.39, 0.29) is 5.91 Å². The van der Waals surface area contributed by atoms with E-state index in [0.717, 1.165) is 47.0 Å². The number of oxazole rings is 1. The topological polar surface area (TPSA) is 84.6 Å². The molecule has 1 amide bonds. The minimum Gasteiger partial charge on any atom is -0.497 e. The molecule has 33 heavy (non-hydrogen) atoms. The summed E-state index contributed by atoms with van der Waals surface area (Å²) in [4.78, 5) is 30.1. The van der Waals surface area contributed by atoms with Crippen molar-refractivity contribution < 1.29 is 13.9 Å². The van der Waals surface area contributed by atoms with Crippen molar-refractivity contribution in [3.05, 3.63) is 60.9 Å². The van der Waals surface area contributed by atoms with Crippen LogP contribution in [0, 0.1) is 0 Å². The number of benzene rings is 2. The fraction of sp³-hybridized carbons (Fsp3) is 0.250.